The summed E-state index contributed by atoms with van der Waals surface area (Å²) in [6, 6.07) is 26.8. The number of nitrogens with zero attached hydrogens (tertiary/aromatic N) is 1. The van der Waals surface area contributed by atoms with Gasteiger partial charge in [-0.1, -0.05) is 98.0 Å². The molecule has 0 saturated carbocycles. The summed E-state index contributed by atoms with van der Waals surface area (Å²) in [7, 11) is 1.71. The number of fused-ring (bicyclic) bond motifs is 1. The van der Waals surface area contributed by atoms with Crippen molar-refractivity contribution in [2.45, 2.75) is 32.4 Å². The molecule has 0 radical (unpaired) electrons. The first kappa shape index (κ1) is 22.2. The van der Waals surface area contributed by atoms with E-state index in [4.69, 9.17) is 4.74 Å². The largest absolute Gasteiger partial charge is 0.496 e. The molecule has 5 rings (SSSR count). The van der Waals surface area contributed by atoms with Crippen LogP contribution in [0.4, 0.5) is 0 Å². The van der Waals surface area contributed by atoms with Gasteiger partial charge in [0.05, 0.1) is 18.6 Å². The second-order valence-corrected chi connectivity index (χ2v) is 9.52. The van der Waals surface area contributed by atoms with Crippen LogP contribution in [-0.2, 0) is 11.3 Å². The topological polar surface area (TPSA) is 29.5 Å². The first-order valence-electron chi connectivity index (χ1n) is 12.0. The lowest BCUT2D eigenvalue weighted by atomic mass is 9.69. The molecule has 1 fully saturated rings. The van der Waals surface area contributed by atoms with Gasteiger partial charge in [-0.15, -0.1) is 0 Å². The van der Waals surface area contributed by atoms with E-state index in [0.29, 0.717) is 6.54 Å². The number of ether oxygens (including phenoxy) is 1. The zero-order valence-electron chi connectivity index (χ0n) is 19.9. The monoisotopic (exact) mass is 449 g/mol. The first-order chi connectivity index (χ1) is 16.6. The lowest BCUT2D eigenvalue weighted by molar-refractivity contribution is -0.137. The van der Waals surface area contributed by atoms with Crippen molar-refractivity contribution in [2.24, 2.45) is 11.3 Å². The third kappa shape index (κ3) is 4.07. The maximum atomic E-state index is 13.9. The summed E-state index contributed by atoms with van der Waals surface area (Å²) in [5.74, 6) is 1.18. The second-order valence-electron chi connectivity index (χ2n) is 9.52. The van der Waals surface area contributed by atoms with Gasteiger partial charge in [-0.05, 0) is 41.7 Å². The number of allylic oxidation sites excluding steroid dienone is 1. The summed E-state index contributed by atoms with van der Waals surface area (Å²) >= 11 is 0. The summed E-state index contributed by atoms with van der Waals surface area (Å²) in [4.78, 5) is 16.0. The van der Waals surface area contributed by atoms with Crippen LogP contribution in [0.1, 0.15) is 48.1 Å². The van der Waals surface area contributed by atoms with Gasteiger partial charge in [0, 0.05) is 18.0 Å². The minimum Gasteiger partial charge on any atom is -0.496 e. The molecule has 0 aromatic heterocycles. The second kappa shape index (κ2) is 9.34. The standard InChI is InChI=1S/C31H31NO2/c1-31-20-10-9-15-27(31)29(32(30(31)33)22-25-13-7-4-8-14-25)26-21-24(18-19-28(26)34-2)17-16-23-11-5-3-6-12-23/h3-9,11-19,21,27,29H,10,20,22H2,1-2H3/b17-16+/t27-,29-,31+/m0/s1. The molecule has 0 spiro atoms. The molecule has 172 valence electrons. The van der Waals surface area contributed by atoms with Crippen LogP contribution >= 0.6 is 0 Å². The molecule has 0 unspecified atom stereocenters. The quantitative estimate of drug-likeness (QED) is 0.302. The Morgan fingerprint density at radius 2 is 1.68 bits per heavy atom. The fraction of sp³-hybridized carbons (Fsp3) is 0.258. The average molecular weight is 450 g/mol. The van der Waals surface area contributed by atoms with Gasteiger partial charge in [-0.25, -0.2) is 0 Å². The van der Waals surface area contributed by atoms with Crippen molar-refractivity contribution in [1.29, 1.82) is 0 Å². The van der Waals surface area contributed by atoms with Crippen molar-refractivity contribution in [2.75, 3.05) is 7.11 Å². The average Bonchev–Trinajstić information content (AvgIpc) is 3.10. The molecule has 3 aromatic carbocycles. The Bertz CT molecular complexity index is 1210. The van der Waals surface area contributed by atoms with Gasteiger partial charge in [-0.2, -0.15) is 0 Å². The molecule has 34 heavy (non-hydrogen) atoms. The molecule has 0 N–H and O–H groups in total. The van der Waals surface area contributed by atoms with Gasteiger partial charge in [0.25, 0.3) is 0 Å². The Morgan fingerprint density at radius 1 is 0.971 bits per heavy atom. The van der Waals surface area contributed by atoms with Crippen molar-refractivity contribution >= 4 is 18.1 Å². The predicted octanol–water partition coefficient (Wildman–Crippen LogP) is 6.92. The Balaban J connectivity index is 1.58. The van der Waals surface area contributed by atoms with Crippen LogP contribution in [0.25, 0.3) is 12.2 Å². The fourth-order valence-corrected chi connectivity index (χ4v) is 5.51. The number of carbonyl (C=O) groups is 1. The molecule has 3 aromatic rings. The van der Waals surface area contributed by atoms with E-state index in [9.17, 15) is 4.79 Å². The molecule has 1 heterocycles. The number of methoxy groups -OCH3 is 1. The number of amides is 1. The van der Waals surface area contributed by atoms with E-state index in [1.54, 1.807) is 7.11 Å². The maximum absolute atomic E-state index is 13.9. The van der Waals surface area contributed by atoms with Crippen LogP contribution in [0.3, 0.4) is 0 Å². The minimum atomic E-state index is -0.394. The van der Waals surface area contributed by atoms with Gasteiger partial charge in [0.1, 0.15) is 5.75 Å². The third-order valence-corrected chi connectivity index (χ3v) is 7.37. The molecule has 1 saturated heterocycles. The smallest absolute Gasteiger partial charge is 0.230 e. The van der Waals surface area contributed by atoms with Gasteiger partial charge < -0.3 is 9.64 Å². The summed E-state index contributed by atoms with van der Waals surface area (Å²) < 4.78 is 5.84. The summed E-state index contributed by atoms with van der Waals surface area (Å²) in [5.41, 5.74) is 4.08. The zero-order chi connectivity index (χ0) is 23.5. The van der Waals surface area contributed by atoms with E-state index in [0.717, 1.165) is 40.8 Å². The SMILES string of the molecule is COc1ccc(/C=C/c2ccccc2)cc1[C@H]1[C@@H]2C=CCC[C@@]2(C)C(=O)N1Cc1ccccc1. The lowest BCUT2D eigenvalue weighted by Gasteiger charge is -2.32. The van der Waals surface area contributed by atoms with E-state index < -0.39 is 5.41 Å². The van der Waals surface area contributed by atoms with Crippen LogP contribution in [-0.4, -0.2) is 17.9 Å². The molecule has 3 atom stereocenters. The molecule has 2 aliphatic rings. The Hall–Kier alpha value is -3.59. The van der Waals surface area contributed by atoms with Crippen molar-refractivity contribution in [1.82, 2.24) is 4.90 Å². The molecule has 0 bridgehead atoms. The Kier molecular flexibility index (Phi) is 6.10. The predicted molar refractivity (Wildman–Crippen MR) is 138 cm³/mol. The molecule has 1 aliphatic carbocycles. The van der Waals surface area contributed by atoms with E-state index in [-0.39, 0.29) is 17.9 Å². The molecule has 3 nitrogen and oxygen atoms in total. The molecule has 1 aliphatic heterocycles. The number of likely N-dealkylation sites (tertiary alicyclic amines) is 1. The zero-order valence-corrected chi connectivity index (χ0v) is 19.9. The summed E-state index contributed by atoms with van der Waals surface area (Å²) in [6.07, 6.45) is 10.6. The molecule has 3 heteroatoms. The Labute approximate surface area is 202 Å². The van der Waals surface area contributed by atoms with E-state index in [2.05, 4.69) is 72.5 Å². The molecular weight excluding hydrogens is 418 g/mol. The summed E-state index contributed by atoms with van der Waals surface area (Å²) in [5, 5.41) is 0. The Morgan fingerprint density at radius 3 is 2.41 bits per heavy atom. The fourth-order valence-electron chi connectivity index (χ4n) is 5.51. The van der Waals surface area contributed by atoms with Gasteiger partial charge in [0.15, 0.2) is 0 Å². The van der Waals surface area contributed by atoms with Crippen molar-refractivity contribution < 1.29 is 9.53 Å². The van der Waals surface area contributed by atoms with Gasteiger partial charge in [0.2, 0.25) is 5.91 Å². The number of hydrogen-bond donors (Lipinski definition) is 0. The highest BCUT2D eigenvalue weighted by atomic mass is 16.5. The normalized spacial score (nSPS) is 23.9. The van der Waals surface area contributed by atoms with Crippen molar-refractivity contribution in [3.05, 3.63) is 113 Å². The summed E-state index contributed by atoms with van der Waals surface area (Å²) in [6.45, 7) is 2.74. The maximum Gasteiger partial charge on any atom is 0.230 e. The van der Waals surface area contributed by atoms with E-state index >= 15 is 0 Å². The molecular formula is C31H31NO2. The highest BCUT2D eigenvalue weighted by Gasteiger charge is 2.56. The van der Waals surface area contributed by atoms with E-state index in [1.807, 2.05) is 42.5 Å². The lowest BCUT2D eigenvalue weighted by Crippen LogP contribution is -2.34. The van der Waals surface area contributed by atoms with Crippen LogP contribution in [0.5, 0.6) is 5.75 Å². The number of rotatable bonds is 6. The van der Waals surface area contributed by atoms with E-state index in [1.165, 1.54) is 0 Å². The van der Waals surface area contributed by atoms with Crippen LogP contribution in [0.2, 0.25) is 0 Å². The van der Waals surface area contributed by atoms with Gasteiger partial charge in [-0.3, -0.25) is 4.79 Å². The number of benzene rings is 3. The number of hydrogen-bond acceptors (Lipinski definition) is 2. The third-order valence-electron chi connectivity index (χ3n) is 7.37. The van der Waals surface area contributed by atoms with Crippen molar-refractivity contribution in [3.8, 4) is 5.75 Å². The van der Waals surface area contributed by atoms with Crippen LogP contribution in [0.15, 0.2) is 91.0 Å². The van der Waals surface area contributed by atoms with Crippen LogP contribution < -0.4 is 4.74 Å². The highest BCUT2D eigenvalue weighted by Crippen LogP contribution is 2.55. The molecule has 1 amide bonds. The van der Waals surface area contributed by atoms with Crippen molar-refractivity contribution in [3.63, 3.8) is 0 Å². The number of carbonyl (C=O) groups excluding carboxylic acids is 1. The first-order valence-corrected chi connectivity index (χ1v) is 12.0. The van der Waals surface area contributed by atoms with Crippen LogP contribution in [0, 0.1) is 11.3 Å². The van der Waals surface area contributed by atoms with Gasteiger partial charge >= 0.3 is 0 Å². The minimum absolute atomic E-state index is 0.0747. The highest BCUT2D eigenvalue weighted by molar-refractivity contribution is 5.87.